The van der Waals surface area contributed by atoms with E-state index in [0.717, 1.165) is 18.5 Å². The summed E-state index contributed by atoms with van der Waals surface area (Å²) in [6.07, 6.45) is 3.68. The maximum atomic E-state index is 14.0. The van der Waals surface area contributed by atoms with Crippen molar-refractivity contribution < 1.29 is 19.1 Å². The van der Waals surface area contributed by atoms with E-state index in [9.17, 15) is 14.4 Å². The van der Waals surface area contributed by atoms with E-state index in [2.05, 4.69) is 27.1 Å². The predicted molar refractivity (Wildman–Crippen MR) is 148 cm³/mol. The first-order valence-corrected chi connectivity index (χ1v) is 13.6. The van der Waals surface area contributed by atoms with Gasteiger partial charge in [0, 0.05) is 32.5 Å². The zero-order valence-corrected chi connectivity index (χ0v) is 23.7. The minimum atomic E-state index is -0.826. The monoisotopic (exact) mass is 536 g/mol. The molecule has 1 aromatic heterocycles. The quantitative estimate of drug-likeness (QED) is 0.579. The molecule has 210 valence electrons. The van der Waals surface area contributed by atoms with Gasteiger partial charge in [0.15, 0.2) is 0 Å². The lowest BCUT2D eigenvalue weighted by molar-refractivity contribution is -0.141. The second-order valence-corrected chi connectivity index (χ2v) is 11.7. The summed E-state index contributed by atoms with van der Waals surface area (Å²) in [6, 6.07) is 9.71. The highest BCUT2D eigenvalue weighted by atomic mass is 16.6. The van der Waals surface area contributed by atoms with Gasteiger partial charge in [0.05, 0.1) is 12.1 Å². The molecule has 2 aliphatic rings. The van der Waals surface area contributed by atoms with Crippen LogP contribution in [0.1, 0.15) is 46.6 Å². The number of fused-ring (bicyclic) bond motifs is 1. The van der Waals surface area contributed by atoms with Crippen molar-refractivity contribution in [1.29, 1.82) is 0 Å². The highest BCUT2D eigenvalue weighted by Crippen LogP contribution is 2.38. The minimum Gasteiger partial charge on any atom is -0.445 e. The van der Waals surface area contributed by atoms with Gasteiger partial charge < -0.3 is 19.9 Å². The second kappa shape index (κ2) is 11.6. The topological polar surface area (TPSA) is 108 Å². The molecule has 4 rings (SSSR count). The Morgan fingerprint density at radius 1 is 1.13 bits per heavy atom. The van der Waals surface area contributed by atoms with E-state index in [1.54, 1.807) is 25.4 Å². The molecular formula is C29H40N6O4. The van der Waals surface area contributed by atoms with E-state index >= 15 is 0 Å². The van der Waals surface area contributed by atoms with Gasteiger partial charge in [-0.2, -0.15) is 0 Å². The zero-order valence-electron chi connectivity index (χ0n) is 23.7. The summed E-state index contributed by atoms with van der Waals surface area (Å²) in [5, 5.41) is 2.96. The van der Waals surface area contributed by atoms with E-state index in [1.165, 1.54) is 11.9 Å². The summed E-state index contributed by atoms with van der Waals surface area (Å²) in [4.78, 5) is 54.2. The standard InChI is InChI=1S/C29H40N6O4/c1-19-17-35(27-30-14-10-15-31-27)22-13-16-34(23(19)22)26(37)24(29(3,4)5)32-25(36)20(2)33(6)28(38)39-18-21-11-8-7-9-12-21/h7-12,14-15,19-20,22-24H,13,16-18H2,1-6H3,(H,32,36). The van der Waals surface area contributed by atoms with Crippen LogP contribution in [0.2, 0.25) is 0 Å². The minimum absolute atomic E-state index is 0.0103. The Kier molecular flexibility index (Phi) is 8.42. The smallest absolute Gasteiger partial charge is 0.410 e. The molecule has 1 N–H and O–H groups in total. The normalized spacial score (nSPS) is 22.2. The van der Waals surface area contributed by atoms with E-state index in [0.29, 0.717) is 12.5 Å². The lowest BCUT2D eigenvalue weighted by Crippen LogP contribution is -2.59. The average Bonchev–Trinajstić information content (AvgIpc) is 3.50. The molecule has 2 aliphatic heterocycles. The Morgan fingerprint density at radius 3 is 2.44 bits per heavy atom. The summed E-state index contributed by atoms with van der Waals surface area (Å²) in [7, 11) is 1.52. The Morgan fingerprint density at radius 2 is 1.79 bits per heavy atom. The van der Waals surface area contributed by atoms with E-state index in [1.807, 2.05) is 56.0 Å². The first kappa shape index (κ1) is 28.3. The zero-order chi connectivity index (χ0) is 28.3. The average molecular weight is 537 g/mol. The Hall–Kier alpha value is -3.69. The van der Waals surface area contributed by atoms with Crippen LogP contribution in [-0.2, 0) is 20.9 Å². The number of anilines is 1. The number of ether oxygens (including phenoxy) is 1. The maximum absolute atomic E-state index is 14.0. The maximum Gasteiger partial charge on any atom is 0.410 e. The molecule has 2 aromatic rings. The van der Waals surface area contributed by atoms with Gasteiger partial charge in [-0.25, -0.2) is 14.8 Å². The number of carbonyl (C=O) groups excluding carboxylic acids is 3. The SMILES string of the molecule is CC1CN(c2ncccn2)C2CCN(C(=O)C(NC(=O)C(C)N(C)C(=O)OCc3ccccc3)C(C)(C)C)C12. The molecule has 39 heavy (non-hydrogen) atoms. The summed E-state index contributed by atoms with van der Waals surface area (Å²) in [5.74, 6) is 0.401. The van der Waals surface area contributed by atoms with E-state index in [-0.39, 0.29) is 30.5 Å². The van der Waals surface area contributed by atoms with Crippen molar-refractivity contribution in [2.75, 3.05) is 25.0 Å². The summed E-state index contributed by atoms with van der Waals surface area (Å²) in [5.41, 5.74) is 0.318. The fourth-order valence-electron chi connectivity index (χ4n) is 5.54. The van der Waals surface area contributed by atoms with Crippen molar-refractivity contribution >= 4 is 23.9 Å². The number of amides is 3. The molecule has 0 aliphatic carbocycles. The number of likely N-dealkylation sites (N-methyl/N-ethyl adjacent to an activating group) is 1. The van der Waals surface area contributed by atoms with Gasteiger partial charge in [0.25, 0.3) is 0 Å². The van der Waals surface area contributed by atoms with Crippen LogP contribution in [0.3, 0.4) is 0 Å². The Bertz CT molecular complexity index is 1160. The summed E-state index contributed by atoms with van der Waals surface area (Å²) >= 11 is 0. The van der Waals surface area contributed by atoms with Gasteiger partial charge in [-0.15, -0.1) is 0 Å². The van der Waals surface area contributed by atoms with Crippen LogP contribution in [0.5, 0.6) is 0 Å². The third-order valence-corrected chi connectivity index (χ3v) is 7.83. The van der Waals surface area contributed by atoms with Crippen molar-refractivity contribution in [3.05, 3.63) is 54.4 Å². The van der Waals surface area contributed by atoms with Crippen LogP contribution >= 0.6 is 0 Å². The molecule has 10 nitrogen and oxygen atoms in total. The molecule has 5 unspecified atom stereocenters. The number of carbonyl (C=O) groups is 3. The van der Waals surface area contributed by atoms with E-state index in [4.69, 9.17) is 4.74 Å². The van der Waals surface area contributed by atoms with Gasteiger partial charge in [-0.1, -0.05) is 58.0 Å². The number of hydrogen-bond donors (Lipinski definition) is 1. The molecule has 2 fully saturated rings. The predicted octanol–water partition coefficient (Wildman–Crippen LogP) is 3.09. The number of likely N-dealkylation sites (tertiary alicyclic amines) is 1. The molecular weight excluding hydrogens is 496 g/mol. The summed E-state index contributed by atoms with van der Waals surface area (Å²) < 4.78 is 5.38. The van der Waals surface area contributed by atoms with Crippen LogP contribution in [0.4, 0.5) is 10.7 Å². The largest absolute Gasteiger partial charge is 0.445 e. The van der Waals surface area contributed by atoms with Gasteiger partial charge in [0.2, 0.25) is 17.8 Å². The van der Waals surface area contributed by atoms with Crippen molar-refractivity contribution in [2.24, 2.45) is 11.3 Å². The van der Waals surface area contributed by atoms with Gasteiger partial charge in [-0.05, 0) is 36.3 Å². The van der Waals surface area contributed by atoms with Gasteiger partial charge >= 0.3 is 6.09 Å². The molecule has 3 heterocycles. The highest BCUT2D eigenvalue weighted by molar-refractivity contribution is 5.92. The number of hydrogen-bond acceptors (Lipinski definition) is 7. The van der Waals surface area contributed by atoms with Crippen LogP contribution in [0.15, 0.2) is 48.8 Å². The van der Waals surface area contributed by atoms with Crippen LogP contribution in [0, 0.1) is 11.3 Å². The molecule has 0 radical (unpaired) electrons. The van der Waals surface area contributed by atoms with Crippen LogP contribution in [0.25, 0.3) is 0 Å². The van der Waals surface area contributed by atoms with Crippen LogP contribution < -0.4 is 10.2 Å². The van der Waals surface area contributed by atoms with Crippen molar-refractivity contribution in [3.8, 4) is 0 Å². The number of nitrogens with one attached hydrogen (secondary N) is 1. The molecule has 10 heteroatoms. The van der Waals surface area contributed by atoms with Crippen molar-refractivity contribution in [3.63, 3.8) is 0 Å². The van der Waals surface area contributed by atoms with Crippen LogP contribution in [-0.4, -0.2) is 82.0 Å². The Balaban J connectivity index is 1.42. The number of aromatic nitrogens is 2. The first-order valence-electron chi connectivity index (χ1n) is 13.6. The molecule has 2 saturated heterocycles. The molecule has 3 amide bonds. The molecule has 0 spiro atoms. The molecule has 0 bridgehead atoms. The van der Waals surface area contributed by atoms with Crippen molar-refractivity contribution in [1.82, 2.24) is 25.1 Å². The third-order valence-electron chi connectivity index (χ3n) is 7.83. The van der Waals surface area contributed by atoms with Gasteiger partial charge in [0.1, 0.15) is 18.7 Å². The molecule has 0 saturated carbocycles. The number of benzene rings is 1. The number of nitrogens with zero attached hydrogens (tertiary/aromatic N) is 5. The molecule has 1 aromatic carbocycles. The third kappa shape index (κ3) is 6.15. The van der Waals surface area contributed by atoms with Crippen molar-refractivity contribution in [2.45, 2.75) is 71.8 Å². The fourth-order valence-corrected chi connectivity index (χ4v) is 5.54. The van der Waals surface area contributed by atoms with E-state index < -0.39 is 29.5 Å². The second-order valence-electron chi connectivity index (χ2n) is 11.7. The highest BCUT2D eigenvalue weighted by Gasteiger charge is 2.51. The lowest BCUT2D eigenvalue weighted by Gasteiger charge is -2.37. The first-order chi connectivity index (χ1) is 18.5. The molecule has 5 atom stereocenters. The fraction of sp³-hybridized carbons (Fsp3) is 0.552. The van der Waals surface area contributed by atoms with Gasteiger partial charge in [-0.3, -0.25) is 14.5 Å². The summed E-state index contributed by atoms with van der Waals surface area (Å²) in [6.45, 7) is 11.1. The lowest BCUT2D eigenvalue weighted by atomic mass is 9.85. The number of rotatable bonds is 7. The Labute approximate surface area is 230 Å².